The highest BCUT2D eigenvalue weighted by Gasteiger charge is 2.29. The average molecular weight is 594 g/mol. The van der Waals surface area contributed by atoms with Crippen LogP contribution < -0.4 is 38.9 Å². The number of nitrogens with zero attached hydrogens (tertiary/aromatic N) is 2. The number of unbranched alkanes of at least 4 members (excludes halogenated alkanes) is 2. The van der Waals surface area contributed by atoms with Gasteiger partial charge in [0, 0.05) is 19.1 Å². The third-order valence-electron chi connectivity index (χ3n) is 5.97. The summed E-state index contributed by atoms with van der Waals surface area (Å²) in [6, 6.07) is -0.931. The van der Waals surface area contributed by atoms with Gasteiger partial charge in [-0.15, -0.1) is 22.7 Å². The predicted octanol–water partition coefficient (Wildman–Crippen LogP) is 1.98. The van der Waals surface area contributed by atoms with Crippen molar-refractivity contribution in [1.82, 2.24) is 25.9 Å². The Kier molecular flexibility index (Phi) is 13.2. The smallest absolute Gasteiger partial charge is 0.263 e. The van der Waals surface area contributed by atoms with E-state index in [0.29, 0.717) is 53.5 Å². The van der Waals surface area contributed by atoms with Gasteiger partial charge in [0.2, 0.25) is 0 Å². The first-order chi connectivity index (χ1) is 18.9. The van der Waals surface area contributed by atoms with Crippen molar-refractivity contribution >= 4 is 46.4 Å². The number of nitrogens with two attached hydrogens (primary N) is 4. The molecule has 0 fully saturated rings. The van der Waals surface area contributed by atoms with Crippen LogP contribution in [-0.2, 0) is 6.42 Å². The summed E-state index contributed by atoms with van der Waals surface area (Å²) in [5.74, 6) is -0.803. The summed E-state index contributed by atoms with van der Waals surface area (Å²) < 4.78 is 0. The topological polar surface area (TPSA) is 248 Å². The summed E-state index contributed by atoms with van der Waals surface area (Å²) in [6.45, 7) is 7.07. The molecule has 2 amide bonds. The van der Waals surface area contributed by atoms with E-state index < -0.39 is 18.0 Å². The molecular formula is C25H43N11O2S2. The second-order valence-electron chi connectivity index (χ2n) is 10.0. The van der Waals surface area contributed by atoms with Crippen molar-refractivity contribution < 1.29 is 9.59 Å². The number of hydrogen-bond acceptors (Lipinski definition) is 9. The molecular weight excluding hydrogens is 550 g/mol. The quantitative estimate of drug-likeness (QED) is 0.0737. The van der Waals surface area contributed by atoms with Crippen LogP contribution in [0.2, 0.25) is 0 Å². The van der Waals surface area contributed by atoms with Crippen LogP contribution in [0.5, 0.6) is 0 Å². The number of aromatic nitrogens is 2. The molecule has 0 aliphatic carbocycles. The number of carbonyl (C=O) groups excluding carboxylic acids is 2. The molecule has 2 aromatic heterocycles. The van der Waals surface area contributed by atoms with Crippen LogP contribution in [0, 0.1) is 23.7 Å². The Labute approximate surface area is 243 Å². The van der Waals surface area contributed by atoms with Gasteiger partial charge in [0.1, 0.15) is 9.75 Å². The first kappa shape index (κ1) is 32.9. The molecule has 40 heavy (non-hydrogen) atoms. The van der Waals surface area contributed by atoms with E-state index in [2.05, 4.69) is 20.9 Å². The number of guanidine groups is 2. The number of hydrogen-bond donors (Lipinski definition) is 9. The van der Waals surface area contributed by atoms with Crippen molar-refractivity contribution in [3.8, 4) is 0 Å². The molecule has 2 aromatic rings. The van der Waals surface area contributed by atoms with Crippen molar-refractivity contribution in [2.45, 2.75) is 77.8 Å². The summed E-state index contributed by atoms with van der Waals surface area (Å²) in [6.07, 6.45) is 4.98. The van der Waals surface area contributed by atoms with Crippen molar-refractivity contribution in [3.05, 3.63) is 31.2 Å². The van der Waals surface area contributed by atoms with Gasteiger partial charge in [0.15, 0.2) is 11.9 Å². The molecule has 0 saturated heterocycles. The van der Waals surface area contributed by atoms with Crippen LogP contribution in [0.25, 0.3) is 0 Å². The third kappa shape index (κ3) is 10.7. The molecule has 0 bridgehead atoms. The molecule has 0 spiro atoms. The maximum absolute atomic E-state index is 13.6. The van der Waals surface area contributed by atoms with Gasteiger partial charge in [-0.1, -0.05) is 13.8 Å². The van der Waals surface area contributed by atoms with Crippen molar-refractivity contribution in [2.75, 3.05) is 13.1 Å². The Bertz CT molecular complexity index is 1160. The molecule has 15 heteroatoms. The largest absolute Gasteiger partial charge is 0.370 e. The maximum Gasteiger partial charge on any atom is 0.263 e. The molecule has 0 aromatic carbocycles. The van der Waals surface area contributed by atoms with Gasteiger partial charge in [0.05, 0.1) is 27.4 Å². The Balaban J connectivity index is 2.19. The monoisotopic (exact) mass is 593 g/mol. The third-order valence-corrected chi connectivity index (χ3v) is 8.10. The lowest BCUT2D eigenvalue weighted by Gasteiger charge is -2.20. The fraction of sp³-hybridized carbons (Fsp3) is 0.600. The molecule has 2 rings (SSSR count). The Hall–Kier alpha value is -3.30. The van der Waals surface area contributed by atoms with Crippen molar-refractivity contribution in [2.24, 2.45) is 28.9 Å². The van der Waals surface area contributed by atoms with Crippen LogP contribution in [0.1, 0.15) is 105 Å². The second kappa shape index (κ2) is 16.1. The highest BCUT2D eigenvalue weighted by Crippen LogP contribution is 2.31. The fourth-order valence-corrected chi connectivity index (χ4v) is 6.07. The van der Waals surface area contributed by atoms with E-state index in [1.165, 1.54) is 22.7 Å². The predicted molar refractivity (Wildman–Crippen MR) is 161 cm³/mol. The number of nitrogens with one attached hydrogen (secondary N) is 5. The Morgan fingerprint density at radius 2 is 1.52 bits per heavy atom. The number of aryl methyl sites for hydroxylation is 2. The zero-order valence-electron chi connectivity index (χ0n) is 23.4. The molecule has 0 aliphatic heterocycles. The lowest BCUT2D eigenvalue weighted by molar-refractivity contribution is 0.0928. The van der Waals surface area contributed by atoms with E-state index in [9.17, 15) is 9.59 Å². The second-order valence-corrected chi connectivity index (χ2v) is 12.3. The van der Waals surface area contributed by atoms with Crippen molar-refractivity contribution in [1.29, 1.82) is 10.8 Å². The summed E-state index contributed by atoms with van der Waals surface area (Å²) in [7, 11) is 0. The zero-order valence-corrected chi connectivity index (χ0v) is 25.1. The molecule has 0 unspecified atom stereocenters. The number of primary amides is 1. The molecule has 13 N–H and O–H groups in total. The maximum atomic E-state index is 13.6. The standard InChI is InChI=1S/C25H43N11O2S2/c1-13(2)12-16(19-20(22(27)37)40-17(36-19)9-5-7-11-33-25(30)31)35-23(38)21-18(34-14(3)39-21)15(26)8-4-6-10-32-24(28)29/h13,15-16H,4-12,26H2,1-3H3,(H2,27,37)(H,35,38)(H4,28,29,32)(H4,30,31,33)/t15-,16-/m0/s1. The summed E-state index contributed by atoms with van der Waals surface area (Å²) >= 11 is 2.55. The first-order valence-corrected chi connectivity index (χ1v) is 15.0. The van der Waals surface area contributed by atoms with Crippen LogP contribution in [-0.4, -0.2) is 46.8 Å². The summed E-state index contributed by atoms with van der Waals surface area (Å²) in [5.41, 5.74) is 23.8. The molecule has 0 aliphatic rings. The van der Waals surface area contributed by atoms with E-state index in [-0.39, 0.29) is 23.7 Å². The molecule has 0 radical (unpaired) electrons. The molecule has 13 nitrogen and oxygen atoms in total. The minimum absolute atomic E-state index is 0.0666. The highest BCUT2D eigenvalue weighted by molar-refractivity contribution is 7.14. The van der Waals surface area contributed by atoms with Crippen LogP contribution in [0.4, 0.5) is 0 Å². The highest BCUT2D eigenvalue weighted by atomic mass is 32.1. The number of amides is 2. The summed E-state index contributed by atoms with van der Waals surface area (Å²) in [5, 5.41) is 24.6. The lowest BCUT2D eigenvalue weighted by atomic mass is 9.99. The van der Waals surface area contributed by atoms with E-state index in [1.807, 2.05) is 20.8 Å². The SMILES string of the molecule is Cc1nc([C@@H](N)CCCCNC(=N)N)c(C(=O)N[C@@H](CC(C)C)c2nc(CCCCNC(=N)N)sc2C(N)=O)s1. The van der Waals surface area contributed by atoms with Gasteiger partial charge < -0.3 is 38.9 Å². The summed E-state index contributed by atoms with van der Waals surface area (Å²) in [4.78, 5) is 36.0. The van der Waals surface area contributed by atoms with Gasteiger partial charge in [-0.2, -0.15) is 0 Å². The van der Waals surface area contributed by atoms with Gasteiger partial charge in [-0.25, -0.2) is 9.97 Å². The van der Waals surface area contributed by atoms with Crippen LogP contribution >= 0.6 is 22.7 Å². The molecule has 0 saturated carbocycles. The lowest BCUT2D eigenvalue weighted by Crippen LogP contribution is -2.32. The normalized spacial score (nSPS) is 12.6. The Morgan fingerprint density at radius 1 is 0.900 bits per heavy atom. The van der Waals surface area contributed by atoms with Gasteiger partial charge in [0.25, 0.3) is 11.8 Å². The molecule has 222 valence electrons. The number of carbonyl (C=O) groups is 2. The van der Waals surface area contributed by atoms with Crippen LogP contribution in [0.3, 0.4) is 0 Å². The van der Waals surface area contributed by atoms with E-state index in [4.69, 9.17) is 38.7 Å². The minimum atomic E-state index is -0.574. The van der Waals surface area contributed by atoms with E-state index in [1.54, 1.807) is 0 Å². The van der Waals surface area contributed by atoms with Crippen molar-refractivity contribution in [3.63, 3.8) is 0 Å². The van der Waals surface area contributed by atoms with Gasteiger partial charge in [-0.05, 0) is 57.8 Å². The van der Waals surface area contributed by atoms with Crippen LogP contribution in [0.15, 0.2) is 0 Å². The zero-order chi connectivity index (χ0) is 29.8. The first-order valence-electron chi connectivity index (χ1n) is 13.4. The van der Waals surface area contributed by atoms with Gasteiger partial charge >= 0.3 is 0 Å². The average Bonchev–Trinajstić information content (AvgIpc) is 3.46. The fourth-order valence-electron chi connectivity index (χ4n) is 4.16. The number of rotatable bonds is 17. The van der Waals surface area contributed by atoms with E-state index in [0.717, 1.165) is 35.7 Å². The number of thiazole rings is 2. The van der Waals surface area contributed by atoms with Gasteiger partial charge in [-0.3, -0.25) is 20.4 Å². The molecule has 2 heterocycles. The molecule has 2 atom stereocenters. The Morgan fingerprint density at radius 3 is 2.10 bits per heavy atom. The van der Waals surface area contributed by atoms with E-state index >= 15 is 0 Å². The minimum Gasteiger partial charge on any atom is -0.370 e.